The maximum atomic E-state index is 12.9. The minimum atomic E-state index is -3.50. The number of sulfonamides is 1. The molecule has 0 amide bonds. The standard InChI is InChI=1S/C15H19N3O2S/c1-11-15(12(2)17(3)16-11)21(19,20)18-9-8-13-6-4-5-7-14(13)10-18/h4-7H,8-10H2,1-3H3. The monoisotopic (exact) mass is 305 g/mol. The zero-order chi connectivity index (χ0) is 15.2. The Labute approximate surface area is 125 Å². The van der Waals surface area contributed by atoms with E-state index in [1.54, 1.807) is 29.9 Å². The summed E-state index contributed by atoms with van der Waals surface area (Å²) in [5.41, 5.74) is 3.58. The molecule has 0 aliphatic carbocycles. The van der Waals surface area contributed by atoms with Gasteiger partial charge in [0, 0.05) is 20.1 Å². The average Bonchev–Trinajstić information content (AvgIpc) is 2.72. The van der Waals surface area contributed by atoms with Gasteiger partial charge >= 0.3 is 0 Å². The highest BCUT2D eigenvalue weighted by Gasteiger charge is 2.32. The molecule has 1 aromatic heterocycles. The van der Waals surface area contributed by atoms with Crippen LogP contribution in [0.4, 0.5) is 0 Å². The van der Waals surface area contributed by atoms with Crippen LogP contribution in [0.5, 0.6) is 0 Å². The molecule has 2 aromatic rings. The number of fused-ring (bicyclic) bond motifs is 1. The third kappa shape index (κ3) is 2.28. The van der Waals surface area contributed by atoms with E-state index in [4.69, 9.17) is 0 Å². The molecule has 0 saturated heterocycles. The smallest absolute Gasteiger partial charge is 0.247 e. The van der Waals surface area contributed by atoms with Crippen LogP contribution in [-0.4, -0.2) is 29.0 Å². The second-order valence-corrected chi connectivity index (χ2v) is 7.36. The highest BCUT2D eigenvalue weighted by Crippen LogP contribution is 2.28. The molecule has 1 aliphatic rings. The summed E-state index contributed by atoms with van der Waals surface area (Å²) in [7, 11) is -1.72. The van der Waals surface area contributed by atoms with Crippen molar-refractivity contribution in [1.82, 2.24) is 14.1 Å². The topological polar surface area (TPSA) is 55.2 Å². The van der Waals surface area contributed by atoms with Crippen molar-refractivity contribution in [2.75, 3.05) is 6.54 Å². The Morgan fingerprint density at radius 3 is 2.43 bits per heavy atom. The molecular weight excluding hydrogens is 286 g/mol. The van der Waals surface area contributed by atoms with Gasteiger partial charge in [0.15, 0.2) is 0 Å². The minimum absolute atomic E-state index is 0.351. The first-order valence-corrected chi connectivity index (χ1v) is 8.42. The van der Waals surface area contributed by atoms with Crippen molar-refractivity contribution in [2.45, 2.75) is 31.7 Å². The summed E-state index contributed by atoms with van der Waals surface area (Å²) >= 11 is 0. The predicted molar refractivity (Wildman–Crippen MR) is 80.4 cm³/mol. The molecule has 0 bridgehead atoms. The minimum Gasteiger partial charge on any atom is -0.271 e. The number of benzene rings is 1. The predicted octanol–water partition coefficient (Wildman–Crippen LogP) is 1.78. The lowest BCUT2D eigenvalue weighted by Crippen LogP contribution is -2.36. The van der Waals surface area contributed by atoms with Crippen molar-refractivity contribution in [2.24, 2.45) is 7.05 Å². The van der Waals surface area contributed by atoms with E-state index in [1.807, 2.05) is 18.2 Å². The highest BCUT2D eigenvalue weighted by molar-refractivity contribution is 7.89. The van der Waals surface area contributed by atoms with Crippen LogP contribution in [0.1, 0.15) is 22.5 Å². The Bertz CT molecular complexity index is 793. The van der Waals surface area contributed by atoms with E-state index in [0.29, 0.717) is 29.4 Å². The molecule has 0 N–H and O–H groups in total. The zero-order valence-electron chi connectivity index (χ0n) is 12.5. The van der Waals surface area contributed by atoms with E-state index in [0.717, 1.165) is 12.0 Å². The van der Waals surface area contributed by atoms with Crippen LogP contribution < -0.4 is 0 Å². The molecule has 2 heterocycles. The SMILES string of the molecule is Cc1nn(C)c(C)c1S(=O)(=O)N1CCc2ccccc2C1. The van der Waals surface area contributed by atoms with Crippen LogP contribution in [0.25, 0.3) is 0 Å². The summed E-state index contributed by atoms with van der Waals surface area (Å²) < 4.78 is 29.0. The summed E-state index contributed by atoms with van der Waals surface area (Å²) in [4.78, 5) is 0.351. The quantitative estimate of drug-likeness (QED) is 0.850. The maximum absolute atomic E-state index is 12.9. The van der Waals surface area contributed by atoms with Crippen molar-refractivity contribution in [3.63, 3.8) is 0 Å². The van der Waals surface area contributed by atoms with Crippen molar-refractivity contribution >= 4 is 10.0 Å². The Balaban J connectivity index is 2.01. The summed E-state index contributed by atoms with van der Waals surface area (Å²) in [5, 5.41) is 4.23. The zero-order valence-corrected chi connectivity index (χ0v) is 13.3. The van der Waals surface area contributed by atoms with E-state index in [1.165, 1.54) is 5.56 Å². The van der Waals surface area contributed by atoms with Crippen molar-refractivity contribution in [1.29, 1.82) is 0 Å². The van der Waals surface area contributed by atoms with E-state index in [2.05, 4.69) is 11.2 Å². The lowest BCUT2D eigenvalue weighted by Gasteiger charge is -2.28. The van der Waals surface area contributed by atoms with E-state index in [-0.39, 0.29) is 0 Å². The first-order chi connectivity index (χ1) is 9.91. The van der Waals surface area contributed by atoms with Gasteiger partial charge in [0.1, 0.15) is 4.90 Å². The van der Waals surface area contributed by atoms with E-state index < -0.39 is 10.0 Å². The fraction of sp³-hybridized carbons (Fsp3) is 0.400. The molecule has 0 atom stereocenters. The highest BCUT2D eigenvalue weighted by atomic mass is 32.2. The van der Waals surface area contributed by atoms with Crippen LogP contribution in [0.2, 0.25) is 0 Å². The van der Waals surface area contributed by atoms with Crippen molar-refractivity contribution in [3.8, 4) is 0 Å². The molecule has 112 valence electrons. The normalized spacial score (nSPS) is 16.0. The molecule has 0 radical (unpaired) electrons. The second kappa shape index (κ2) is 4.96. The molecule has 0 spiro atoms. The van der Waals surface area contributed by atoms with E-state index in [9.17, 15) is 8.42 Å². The lowest BCUT2D eigenvalue weighted by atomic mass is 10.0. The van der Waals surface area contributed by atoms with Gasteiger partial charge in [-0.2, -0.15) is 9.40 Å². The largest absolute Gasteiger partial charge is 0.271 e. The molecule has 3 rings (SSSR count). The molecule has 6 heteroatoms. The third-order valence-electron chi connectivity index (χ3n) is 4.14. The molecule has 0 unspecified atom stereocenters. The Kier molecular flexibility index (Phi) is 3.37. The van der Waals surface area contributed by atoms with Gasteiger partial charge in [-0.15, -0.1) is 0 Å². The summed E-state index contributed by atoms with van der Waals surface area (Å²) in [6, 6.07) is 8.02. The Morgan fingerprint density at radius 2 is 1.81 bits per heavy atom. The molecule has 1 aromatic carbocycles. The van der Waals surface area contributed by atoms with E-state index >= 15 is 0 Å². The molecule has 0 saturated carbocycles. The molecular formula is C15H19N3O2S. The fourth-order valence-electron chi connectivity index (χ4n) is 2.93. The maximum Gasteiger partial charge on any atom is 0.247 e. The van der Waals surface area contributed by atoms with Gasteiger partial charge in [0.05, 0.1) is 11.4 Å². The van der Waals surface area contributed by atoms with Crippen molar-refractivity contribution < 1.29 is 8.42 Å². The first kappa shape index (κ1) is 14.3. The second-order valence-electron chi connectivity index (χ2n) is 5.48. The lowest BCUT2D eigenvalue weighted by molar-refractivity contribution is 0.391. The summed E-state index contributed by atoms with van der Waals surface area (Å²) in [5.74, 6) is 0. The van der Waals surface area contributed by atoms with Gasteiger partial charge < -0.3 is 0 Å². The van der Waals surface area contributed by atoms with Crippen molar-refractivity contribution in [3.05, 3.63) is 46.8 Å². The van der Waals surface area contributed by atoms with Gasteiger partial charge in [0.25, 0.3) is 0 Å². The molecule has 5 nitrogen and oxygen atoms in total. The van der Waals surface area contributed by atoms with Crippen LogP contribution >= 0.6 is 0 Å². The fourth-order valence-corrected chi connectivity index (χ4v) is 4.75. The number of hydrogen-bond acceptors (Lipinski definition) is 3. The number of aromatic nitrogens is 2. The number of rotatable bonds is 2. The third-order valence-corrected chi connectivity index (χ3v) is 6.23. The molecule has 21 heavy (non-hydrogen) atoms. The molecule has 0 fully saturated rings. The van der Waals surface area contributed by atoms with Crippen LogP contribution in [0.15, 0.2) is 29.2 Å². The van der Waals surface area contributed by atoms with Gasteiger partial charge in [0.2, 0.25) is 10.0 Å². The average molecular weight is 305 g/mol. The van der Waals surface area contributed by atoms with Crippen LogP contribution in [-0.2, 0) is 30.0 Å². The Hall–Kier alpha value is -1.66. The van der Waals surface area contributed by atoms with Gasteiger partial charge in [-0.05, 0) is 31.4 Å². The van der Waals surface area contributed by atoms with Gasteiger partial charge in [-0.3, -0.25) is 4.68 Å². The molecule has 1 aliphatic heterocycles. The first-order valence-electron chi connectivity index (χ1n) is 6.98. The number of nitrogens with zero attached hydrogens (tertiary/aromatic N) is 3. The van der Waals surface area contributed by atoms with Crippen LogP contribution in [0.3, 0.4) is 0 Å². The number of aryl methyl sites for hydroxylation is 2. The van der Waals surface area contributed by atoms with Crippen LogP contribution in [0, 0.1) is 13.8 Å². The van der Waals surface area contributed by atoms with Gasteiger partial charge in [-0.25, -0.2) is 8.42 Å². The summed E-state index contributed by atoms with van der Waals surface area (Å²) in [6.45, 7) is 4.50. The number of hydrogen-bond donors (Lipinski definition) is 0. The summed E-state index contributed by atoms with van der Waals surface area (Å²) in [6.07, 6.45) is 0.758. The Morgan fingerprint density at radius 1 is 1.14 bits per heavy atom. The van der Waals surface area contributed by atoms with Gasteiger partial charge in [-0.1, -0.05) is 24.3 Å².